The van der Waals surface area contributed by atoms with Gasteiger partial charge in [-0.05, 0) is 43.3 Å². The van der Waals surface area contributed by atoms with E-state index < -0.39 is 0 Å². The van der Waals surface area contributed by atoms with Gasteiger partial charge in [0, 0.05) is 17.8 Å². The second-order valence-corrected chi connectivity index (χ2v) is 5.23. The van der Waals surface area contributed by atoms with Gasteiger partial charge in [-0.2, -0.15) is 0 Å². The number of rotatable bonds is 4. The highest BCUT2D eigenvalue weighted by Crippen LogP contribution is 2.29. The standard InChI is InChI=1S/C15H15Cl2N3O/c1-2-19-15(21)9-3-6-13(18)14(7-9)20-10-4-5-11(16)12(17)8-10/h3-8,20H,2,18H2,1H3,(H,19,21). The highest BCUT2D eigenvalue weighted by atomic mass is 35.5. The largest absolute Gasteiger partial charge is 0.397 e. The number of carbonyl (C=O) groups is 1. The summed E-state index contributed by atoms with van der Waals surface area (Å²) in [7, 11) is 0. The number of amides is 1. The third kappa shape index (κ3) is 3.80. The van der Waals surface area contributed by atoms with Crippen molar-refractivity contribution in [3.8, 4) is 0 Å². The molecule has 6 heteroatoms. The number of halogens is 2. The lowest BCUT2D eigenvalue weighted by Gasteiger charge is -2.12. The van der Waals surface area contributed by atoms with Crippen LogP contribution in [0.2, 0.25) is 10.0 Å². The molecule has 2 aromatic rings. The molecule has 0 aliphatic carbocycles. The molecule has 2 rings (SSSR count). The lowest BCUT2D eigenvalue weighted by molar-refractivity contribution is 0.0956. The fraction of sp³-hybridized carbons (Fsp3) is 0.133. The van der Waals surface area contributed by atoms with E-state index in [-0.39, 0.29) is 5.91 Å². The van der Waals surface area contributed by atoms with Crippen LogP contribution in [0, 0.1) is 0 Å². The number of nitrogens with two attached hydrogens (primary N) is 1. The normalized spacial score (nSPS) is 10.2. The lowest BCUT2D eigenvalue weighted by Crippen LogP contribution is -2.22. The maximum absolute atomic E-state index is 11.8. The van der Waals surface area contributed by atoms with Gasteiger partial charge >= 0.3 is 0 Å². The molecule has 0 saturated heterocycles. The maximum atomic E-state index is 11.8. The zero-order valence-corrected chi connectivity index (χ0v) is 12.9. The first kappa shape index (κ1) is 15.5. The summed E-state index contributed by atoms with van der Waals surface area (Å²) >= 11 is 11.9. The first-order chi connectivity index (χ1) is 10.0. The van der Waals surface area contributed by atoms with Crippen molar-refractivity contribution < 1.29 is 4.79 Å². The van der Waals surface area contributed by atoms with Gasteiger partial charge < -0.3 is 16.4 Å². The van der Waals surface area contributed by atoms with Gasteiger partial charge in [0.25, 0.3) is 5.91 Å². The van der Waals surface area contributed by atoms with Crippen LogP contribution in [-0.2, 0) is 0 Å². The van der Waals surface area contributed by atoms with Gasteiger partial charge in [0.1, 0.15) is 0 Å². The monoisotopic (exact) mass is 323 g/mol. The highest BCUT2D eigenvalue weighted by Gasteiger charge is 2.08. The molecule has 0 aromatic heterocycles. The van der Waals surface area contributed by atoms with Crippen LogP contribution < -0.4 is 16.4 Å². The molecule has 0 radical (unpaired) electrons. The van der Waals surface area contributed by atoms with Gasteiger partial charge in [0.15, 0.2) is 0 Å². The maximum Gasteiger partial charge on any atom is 0.251 e. The first-order valence-electron chi connectivity index (χ1n) is 6.41. The second-order valence-electron chi connectivity index (χ2n) is 4.42. The molecule has 1 amide bonds. The topological polar surface area (TPSA) is 67.2 Å². The van der Waals surface area contributed by atoms with Crippen LogP contribution in [0.3, 0.4) is 0 Å². The number of benzene rings is 2. The summed E-state index contributed by atoms with van der Waals surface area (Å²) in [5.41, 5.74) is 8.37. The SMILES string of the molecule is CCNC(=O)c1ccc(N)c(Nc2ccc(Cl)c(Cl)c2)c1. The van der Waals surface area contributed by atoms with Crippen molar-refractivity contribution in [1.82, 2.24) is 5.32 Å². The summed E-state index contributed by atoms with van der Waals surface area (Å²) in [6, 6.07) is 10.2. The summed E-state index contributed by atoms with van der Waals surface area (Å²) < 4.78 is 0. The van der Waals surface area contributed by atoms with Gasteiger partial charge in [0.2, 0.25) is 0 Å². The van der Waals surface area contributed by atoms with Gasteiger partial charge in [-0.1, -0.05) is 23.2 Å². The summed E-state index contributed by atoms with van der Waals surface area (Å²) in [6.45, 7) is 2.43. The number of nitrogen functional groups attached to an aromatic ring is 1. The summed E-state index contributed by atoms with van der Waals surface area (Å²) in [4.78, 5) is 11.8. The number of hydrogen-bond donors (Lipinski definition) is 3. The van der Waals surface area contributed by atoms with E-state index in [0.717, 1.165) is 5.69 Å². The lowest BCUT2D eigenvalue weighted by atomic mass is 10.1. The average Bonchev–Trinajstić information content (AvgIpc) is 2.45. The van der Waals surface area contributed by atoms with Crippen LogP contribution in [-0.4, -0.2) is 12.5 Å². The highest BCUT2D eigenvalue weighted by molar-refractivity contribution is 6.42. The van der Waals surface area contributed by atoms with Crippen LogP contribution in [0.5, 0.6) is 0 Å². The molecule has 21 heavy (non-hydrogen) atoms. The molecule has 4 nitrogen and oxygen atoms in total. The fourth-order valence-electron chi connectivity index (χ4n) is 1.80. The van der Waals surface area contributed by atoms with Crippen LogP contribution >= 0.6 is 23.2 Å². The van der Waals surface area contributed by atoms with E-state index in [4.69, 9.17) is 28.9 Å². The minimum atomic E-state index is -0.144. The van der Waals surface area contributed by atoms with Crippen molar-refractivity contribution in [2.24, 2.45) is 0 Å². The van der Waals surface area contributed by atoms with E-state index in [0.29, 0.717) is 33.5 Å². The van der Waals surface area contributed by atoms with Crippen molar-refractivity contribution in [3.05, 3.63) is 52.0 Å². The van der Waals surface area contributed by atoms with Crippen molar-refractivity contribution in [2.75, 3.05) is 17.6 Å². The molecule has 0 atom stereocenters. The molecule has 110 valence electrons. The quantitative estimate of drug-likeness (QED) is 0.743. The smallest absolute Gasteiger partial charge is 0.251 e. The summed E-state index contributed by atoms with van der Waals surface area (Å²) in [5.74, 6) is -0.144. The van der Waals surface area contributed by atoms with E-state index in [1.54, 1.807) is 36.4 Å². The van der Waals surface area contributed by atoms with Crippen molar-refractivity contribution >= 4 is 46.2 Å². The Bertz CT molecular complexity index is 674. The zero-order valence-electron chi connectivity index (χ0n) is 11.4. The van der Waals surface area contributed by atoms with Crippen molar-refractivity contribution in [2.45, 2.75) is 6.92 Å². The third-order valence-electron chi connectivity index (χ3n) is 2.85. The Morgan fingerprint density at radius 3 is 2.57 bits per heavy atom. The molecule has 0 spiro atoms. The minimum Gasteiger partial charge on any atom is -0.397 e. The molecule has 0 fully saturated rings. The molecule has 2 aromatic carbocycles. The van der Waals surface area contributed by atoms with Crippen LogP contribution in [0.1, 0.15) is 17.3 Å². The molecule has 0 saturated carbocycles. The van der Waals surface area contributed by atoms with Crippen molar-refractivity contribution in [3.63, 3.8) is 0 Å². The van der Waals surface area contributed by atoms with Crippen LogP contribution in [0.25, 0.3) is 0 Å². The molecule has 4 N–H and O–H groups in total. The molecule has 0 aliphatic rings. The number of hydrogen-bond acceptors (Lipinski definition) is 3. The zero-order chi connectivity index (χ0) is 15.4. The Labute approximate surface area is 133 Å². The Kier molecular flexibility index (Phi) is 4.94. The van der Waals surface area contributed by atoms with E-state index in [1.807, 2.05) is 6.92 Å². The molecule has 0 heterocycles. The van der Waals surface area contributed by atoms with Crippen LogP contribution in [0.4, 0.5) is 17.1 Å². The van der Waals surface area contributed by atoms with Gasteiger partial charge in [-0.3, -0.25) is 4.79 Å². The molecular weight excluding hydrogens is 309 g/mol. The number of nitrogens with one attached hydrogen (secondary N) is 2. The Hall–Kier alpha value is -1.91. The predicted molar refractivity (Wildman–Crippen MR) is 88.6 cm³/mol. The fourth-order valence-corrected chi connectivity index (χ4v) is 2.10. The van der Waals surface area contributed by atoms with E-state index in [2.05, 4.69) is 10.6 Å². The van der Waals surface area contributed by atoms with Gasteiger partial charge in [0.05, 0.1) is 21.4 Å². The first-order valence-corrected chi connectivity index (χ1v) is 7.16. The number of carbonyl (C=O) groups excluding carboxylic acids is 1. The van der Waals surface area contributed by atoms with Crippen LogP contribution in [0.15, 0.2) is 36.4 Å². The molecule has 0 unspecified atom stereocenters. The Morgan fingerprint density at radius 2 is 1.90 bits per heavy atom. The number of anilines is 3. The third-order valence-corrected chi connectivity index (χ3v) is 3.59. The molecular formula is C15H15Cl2N3O. The minimum absolute atomic E-state index is 0.144. The second kappa shape index (κ2) is 6.70. The molecule has 0 aliphatic heterocycles. The Morgan fingerprint density at radius 1 is 1.14 bits per heavy atom. The van der Waals surface area contributed by atoms with E-state index >= 15 is 0 Å². The molecule has 0 bridgehead atoms. The summed E-state index contributed by atoms with van der Waals surface area (Å²) in [5, 5.41) is 6.79. The van der Waals surface area contributed by atoms with Gasteiger partial charge in [-0.15, -0.1) is 0 Å². The average molecular weight is 324 g/mol. The Balaban J connectivity index is 2.28. The predicted octanol–water partition coefficient (Wildman–Crippen LogP) is 4.07. The van der Waals surface area contributed by atoms with E-state index in [9.17, 15) is 4.79 Å². The van der Waals surface area contributed by atoms with Crippen molar-refractivity contribution in [1.29, 1.82) is 0 Å². The summed E-state index contributed by atoms with van der Waals surface area (Å²) in [6.07, 6.45) is 0. The van der Waals surface area contributed by atoms with Gasteiger partial charge in [-0.25, -0.2) is 0 Å². The van der Waals surface area contributed by atoms with E-state index in [1.165, 1.54) is 0 Å².